The second-order valence-corrected chi connectivity index (χ2v) is 9.03. The van der Waals surface area contributed by atoms with E-state index < -0.39 is 0 Å². The van der Waals surface area contributed by atoms with E-state index in [1.165, 1.54) is 11.1 Å². The second kappa shape index (κ2) is 8.43. The van der Waals surface area contributed by atoms with Crippen molar-refractivity contribution in [3.63, 3.8) is 0 Å². The smallest absolute Gasteiger partial charge is 0.317 e. The normalized spacial score (nSPS) is 21.0. The van der Waals surface area contributed by atoms with E-state index in [0.29, 0.717) is 19.0 Å². The molecule has 0 radical (unpaired) electrons. The lowest BCUT2D eigenvalue weighted by Crippen LogP contribution is -2.48. The predicted octanol–water partition coefficient (Wildman–Crippen LogP) is 2.77. The van der Waals surface area contributed by atoms with Crippen LogP contribution in [0.3, 0.4) is 0 Å². The van der Waals surface area contributed by atoms with Crippen LogP contribution in [-0.4, -0.2) is 68.5 Å². The lowest BCUT2D eigenvalue weighted by Gasteiger charge is -2.30. The summed E-state index contributed by atoms with van der Waals surface area (Å²) >= 11 is 0. The highest BCUT2D eigenvalue weighted by Crippen LogP contribution is 2.31. The van der Waals surface area contributed by atoms with E-state index in [-0.39, 0.29) is 12.1 Å². The molecule has 2 amide bonds. The first-order chi connectivity index (χ1) is 15.5. The zero-order valence-corrected chi connectivity index (χ0v) is 19.0. The van der Waals surface area contributed by atoms with Gasteiger partial charge in [-0.2, -0.15) is 10.2 Å². The molecule has 168 valence electrons. The summed E-state index contributed by atoms with van der Waals surface area (Å²) in [4.78, 5) is 17.5. The Morgan fingerprint density at radius 3 is 2.91 bits per heavy atom. The second-order valence-electron chi connectivity index (χ2n) is 9.03. The van der Waals surface area contributed by atoms with Crippen molar-refractivity contribution >= 4 is 6.03 Å². The van der Waals surface area contributed by atoms with Crippen molar-refractivity contribution < 1.29 is 4.79 Å². The van der Waals surface area contributed by atoms with Crippen molar-refractivity contribution in [3.8, 4) is 11.3 Å². The summed E-state index contributed by atoms with van der Waals surface area (Å²) in [7, 11) is 2.12. The van der Waals surface area contributed by atoms with Crippen LogP contribution >= 0.6 is 0 Å². The van der Waals surface area contributed by atoms with Crippen LogP contribution in [0.4, 0.5) is 4.79 Å². The largest absolute Gasteiger partial charge is 0.333 e. The number of amides is 2. The number of urea groups is 1. The van der Waals surface area contributed by atoms with Gasteiger partial charge in [0.25, 0.3) is 0 Å². The number of hydrogen-bond acceptors (Lipinski definition) is 4. The number of carbonyl (C=O) groups excluding carboxylic acids is 1. The highest BCUT2D eigenvalue weighted by atomic mass is 16.2. The van der Waals surface area contributed by atoms with E-state index in [1.807, 2.05) is 22.0 Å². The first-order valence-corrected chi connectivity index (χ1v) is 11.4. The molecule has 1 unspecified atom stereocenters. The summed E-state index contributed by atoms with van der Waals surface area (Å²) < 4.78 is 1.89. The molecule has 0 bridgehead atoms. The van der Waals surface area contributed by atoms with E-state index in [2.05, 4.69) is 70.7 Å². The summed E-state index contributed by atoms with van der Waals surface area (Å²) in [6, 6.07) is 8.61. The van der Waals surface area contributed by atoms with Gasteiger partial charge in [-0.05, 0) is 32.0 Å². The molecule has 4 heterocycles. The van der Waals surface area contributed by atoms with Crippen LogP contribution in [0.25, 0.3) is 11.3 Å². The summed E-state index contributed by atoms with van der Waals surface area (Å²) in [5, 5.41) is 15.4. The summed E-state index contributed by atoms with van der Waals surface area (Å²) in [5.74, 6) is 0.301. The van der Waals surface area contributed by atoms with E-state index >= 15 is 0 Å². The molecule has 2 aliphatic heterocycles. The number of benzene rings is 1. The van der Waals surface area contributed by atoms with Gasteiger partial charge in [0.05, 0.1) is 18.8 Å². The molecule has 5 rings (SSSR count). The minimum Gasteiger partial charge on any atom is -0.333 e. The number of nitrogens with one attached hydrogen (secondary N) is 2. The maximum Gasteiger partial charge on any atom is 0.317 e. The fourth-order valence-corrected chi connectivity index (χ4v) is 5.08. The van der Waals surface area contributed by atoms with Gasteiger partial charge in [0.2, 0.25) is 0 Å². The molecule has 1 saturated heterocycles. The molecule has 0 spiro atoms. The van der Waals surface area contributed by atoms with Crippen LogP contribution in [0.1, 0.15) is 35.2 Å². The molecule has 2 aliphatic rings. The number of aromatic nitrogens is 4. The number of aromatic amines is 1. The van der Waals surface area contributed by atoms with Crippen LogP contribution in [0.2, 0.25) is 0 Å². The average molecular weight is 434 g/mol. The fourth-order valence-electron chi connectivity index (χ4n) is 5.08. The Balaban J connectivity index is 1.32. The average Bonchev–Trinajstić information content (AvgIpc) is 3.51. The molecular weight excluding hydrogens is 402 g/mol. The van der Waals surface area contributed by atoms with Crippen molar-refractivity contribution in [1.82, 2.24) is 35.1 Å². The van der Waals surface area contributed by atoms with Crippen molar-refractivity contribution in [2.24, 2.45) is 0 Å². The highest BCUT2D eigenvalue weighted by Gasteiger charge is 2.35. The first kappa shape index (κ1) is 20.8. The summed E-state index contributed by atoms with van der Waals surface area (Å²) in [6.45, 7) is 8.09. The number of fused-ring (bicyclic) bond motifs is 1. The molecule has 8 heteroatoms. The predicted molar refractivity (Wildman–Crippen MR) is 123 cm³/mol. The number of H-pyrrole nitrogens is 1. The molecule has 1 aromatic carbocycles. The Kier molecular flexibility index (Phi) is 5.46. The zero-order chi connectivity index (χ0) is 22.2. The number of likely N-dealkylation sites (N-methyl/N-ethyl adjacent to an activating group) is 1. The maximum absolute atomic E-state index is 13.3. The zero-order valence-electron chi connectivity index (χ0n) is 19.0. The maximum atomic E-state index is 13.3. The fraction of sp³-hybridized carbons (Fsp3) is 0.458. The molecule has 2 N–H and O–H groups in total. The minimum absolute atomic E-state index is 0.00550. The van der Waals surface area contributed by atoms with E-state index in [0.717, 1.165) is 48.6 Å². The Hall–Kier alpha value is -3.13. The number of aryl methyl sites for hydroxylation is 2. The van der Waals surface area contributed by atoms with Gasteiger partial charge in [-0.3, -0.25) is 9.78 Å². The van der Waals surface area contributed by atoms with Crippen LogP contribution < -0.4 is 5.32 Å². The standard InChI is InChI=1S/C24H31N7O/c1-4-31-12-17(11-25-31)23-20-14-30(10-9-21(20)27-28-23)24(32)26-22-15-29(3)13-19(22)18-8-6-5-7-16(18)2/h5-8,11-12,19,22H,4,9-10,13-15H2,1-3H3,(H,26,32)(H,27,28)/t19-,22?/m0/s1. The SMILES string of the molecule is CCn1cc(-c2n[nH]c3c2CN(C(=O)NC2CN(C)C[C@H]2c2ccccc2C)CC3)cn1. The molecule has 32 heavy (non-hydrogen) atoms. The van der Waals surface area contributed by atoms with Gasteiger partial charge in [-0.1, -0.05) is 24.3 Å². The molecule has 2 aromatic heterocycles. The van der Waals surface area contributed by atoms with Crippen molar-refractivity contribution in [2.45, 2.75) is 45.3 Å². The van der Waals surface area contributed by atoms with Gasteiger partial charge in [0.1, 0.15) is 5.69 Å². The Morgan fingerprint density at radius 1 is 1.28 bits per heavy atom. The Labute approximate surface area is 188 Å². The molecule has 8 nitrogen and oxygen atoms in total. The topological polar surface area (TPSA) is 82.1 Å². The molecule has 0 aliphatic carbocycles. The Morgan fingerprint density at radius 2 is 2.12 bits per heavy atom. The van der Waals surface area contributed by atoms with Gasteiger partial charge >= 0.3 is 6.03 Å². The van der Waals surface area contributed by atoms with Gasteiger partial charge in [0, 0.05) is 61.5 Å². The van der Waals surface area contributed by atoms with Gasteiger partial charge in [-0.25, -0.2) is 4.79 Å². The van der Waals surface area contributed by atoms with Crippen LogP contribution in [0.5, 0.6) is 0 Å². The van der Waals surface area contributed by atoms with Crippen LogP contribution in [0.15, 0.2) is 36.7 Å². The lowest BCUT2D eigenvalue weighted by atomic mass is 9.91. The van der Waals surface area contributed by atoms with E-state index in [1.54, 1.807) is 0 Å². The third-order valence-electron chi connectivity index (χ3n) is 6.85. The van der Waals surface area contributed by atoms with Crippen molar-refractivity contribution in [1.29, 1.82) is 0 Å². The monoisotopic (exact) mass is 433 g/mol. The summed E-state index contributed by atoms with van der Waals surface area (Å²) in [5.41, 5.74) is 6.71. The Bertz CT molecular complexity index is 1120. The number of nitrogens with zero attached hydrogens (tertiary/aromatic N) is 5. The highest BCUT2D eigenvalue weighted by molar-refractivity contribution is 5.76. The number of likely N-dealkylation sites (tertiary alicyclic amines) is 1. The molecular formula is C24H31N7O. The van der Waals surface area contributed by atoms with Gasteiger partial charge < -0.3 is 15.1 Å². The van der Waals surface area contributed by atoms with Crippen molar-refractivity contribution in [2.75, 3.05) is 26.7 Å². The first-order valence-electron chi connectivity index (χ1n) is 11.4. The number of hydrogen-bond donors (Lipinski definition) is 2. The van der Waals surface area contributed by atoms with Crippen molar-refractivity contribution in [3.05, 3.63) is 59.0 Å². The molecule has 1 fully saturated rings. The number of rotatable bonds is 4. The lowest BCUT2D eigenvalue weighted by molar-refractivity contribution is 0.187. The van der Waals surface area contributed by atoms with Gasteiger partial charge in [0.15, 0.2) is 0 Å². The van der Waals surface area contributed by atoms with E-state index in [9.17, 15) is 4.79 Å². The third kappa shape index (κ3) is 3.79. The quantitative estimate of drug-likeness (QED) is 0.663. The number of carbonyl (C=O) groups is 1. The summed E-state index contributed by atoms with van der Waals surface area (Å²) in [6.07, 6.45) is 4.64. The molecule has 0 saturated carbocycles. The van der Waals surface area contributed by atoms with Gasteiger partial charge in [-0.15, -0.1) is 0 Å². The van der Waals surface area contributed by atoms with E-state index in [4.69, 9.17) is 0 Å². The minimum atomic E-state index is 0.00550. The molecule has 3 aromatic rings. The van der Waals surface area contributed by atoms with Crippen LogP contribution in [-0.2, 0) is 19.5 Å². The van der Waals surface area contributed by atoms with Crippen LogP contribution in [0, 0.1) is 6.92 Å². The third-order valence-corrected chi connectivity index (χ3v) is 6.85. The molecule has 2 atom stereocenters.